The van der Waals surface area contributed by atoms with Crippen LogP contribution in [0.15, 0.2) is 59.8 Å². The zero-order valence-electron chi connectivity index (χ0n) is 19.5. The Kier molecular flexibility index (Phi) is 7.67. The van der Waals surface area contributed by atoms with Crippen molar-refractivity contribution >= 4 is 23.6 Å². The number of ether oxygens (including phenoxy) is 1. The molecular formula is C25H31N5O2S. The number of benzene rings is 2. The van der Waals surface area contributed by atoms with Crippen molar-refractivity contribution in [2.75, 3.05) is 37.7 Å². The first-order valence-electron chi connectivity index (χ1n) is 11.4. The molecule has 4 rings (SSSR count). The van der Waals surface area contributed by atoms with Gasteiger partial charge < -0.3 is 14.5 Å². The Labute approximate surface area is 199 Å². The molecule has 1 aliphatic heterocycles. The maximum absolute atomic E-state index is 13.3. The van der Waals surface area contributed by atoms with E-state index in [1.165, 1.54) is 17.3 Å². The number of rotatable bonds is 8. The Balaban J connectivity index is 1.58. The van der Waals surface area contributed by atoms with Crippen molar-refractivity contribution in [2.24, 2.45) is 0 Å². The number of nitrogens with zero attached hydrogens (tertiary/aromatic N) is 5. The van der Waals surface area contributed by atoms with Crippen LogP contribution in [0.2, 0.25) is 0 Å². The van der Waals surface area contributed by atoms with Gasteiger partial charge in [-0.1, -0.05) is 59.8 Å². The van der Waals surface area contributed by atoms with Crippen molar-refractivity contribution in [1.29, 1.82) is 0 Å². The van der Waals surface area contributed by atoms with Crippen LogP contribution in [-0.4, -0.2) is 63.7 Å². The van der Waals surface area contributed by atoms with Crippen LogP contribution < -0.4 is 4.90 Å². The molecule has 33 heavy (non-hydrogen) atoms. The summed E-state index contributed by atoms with van der Waals surface area (Å²) in [7, 11) is 0. The van der Waals surface area contributed by atoms with E-state index in [1.54, 1.807) is 0 Å². The average molecular weight is 466 g/mol. The minimum absolute atomic E-state index is 0.0951. The summed E-state index contributed by atoms with van der Waals surface area (Å²) in [5.74, 6) is 0.888. The van der Waals surface area contributed by atoms with E-state index >= 15 is 0 Å². The van der Waals surface area contributed by atoms with Crippen LogP contribution in [0.5, 0.6) is 0 Å². The fraction of sp³-hybridized carbons (Fsp3) is 0.400. The van der Waals surface area contributed by atoms with Gasteiger partial charge in [-0.15, -0.1) is 10.2 Å². The van der Waals surface area contributed by atoms with Gasteiger partial charge in [0.25, 0.3) is 0 Å². The summed E-state index contributed by atoms with van der Waals surface area (Å²) >= 11 is 1.46. The van der Waals surface area contributed by atoms with Crippen LogP contribution in [-0.2, 0) is 16.1 Å². The normalized spacial score (nSPS) is 14.8. The second kappa shape index (κ2) is 10.9. The molecule has 1 aromatic heterocycles. The molecule has 0 spiro atoms. The van der Waals surface area contributed by atoms with E-state index in [0.717, 1.165) is 35.4 Å². The number of carbonyl (C=O) groups excluding carboxylic acids is 1. The smallest absolute Gasteiger partial charge is 0.236 e. The molecule has 174 valence electrons. The molecule has 0 bridgehead atoms. The molecule has 2 aromatic carbocycles. The van der Waals surface area contributed by atoms with Crippen LogP contribution in [0, 0.1) is 6.92 Å². The summed E-state index contributed by atoms with van der Waals surface area (Å²) in [4.78, 5) is 17.4. The highest BCUT2D eigenvalue weighted by atomic mass is 32.2. The molecule has 1 fully saturated rings. The van der Waals surface area contributed by atoms with Crippen LogP contribution in [0.25, 0.3) is 5.69 Å². The van der Waals surface area contributed by atoms with Gasteiger partial charge in [0, 0.05) is 26.2 Å². The van der Waals surface area contributed by atoms with E-state index in [-0.39, 0.29) is 11.2 Å². The lowest BCUT2D eigenvalue weighted by Gasteiger charge is -2.28. The van der Waals surface area contributed by atoms with E-state index in [2.05, 4.69) is 63.0 Å². The van der Waals surface area contributed by atoms with Gasteiger partial charge in [0.15, 0.2) is 5.16 Å². The molecule has 0 aliphatic carbocycles. The van der Waals surface area contributed by atoms with E-state index in [0.29, 0.717) is 26.3 Å². The molecule has 1 amide bonds. The molecule has 1 atom stereocenters. The first-order chi connectivity index (χ1) is 16.1. The van der Waals surface area contributed by atoms with Gasteiger partial charge in [0.2, 0.25) is 11.9 Å². The van der Waals surface area contributed by atoms with Crippen molar-refractivity contribution < 1.29 is 9.53 Å². The van der Waals surface area contributed by atoms with Crippen LogP contribution in [0.3, 0.4) is 0 Å². The Hall–Kier alpha value is -2.84. The van der Waals surface area contributed by atoms with Crippen molar-refractivity contribution in [1.82, 2.24) is 19.7 Å². The largest absolute Gasteiger partial charge is 0.378 e. The van der Waals surface area contributed by atoms with Gasteiger partial charge in [0.1, 0.15) is 0 Å². The van der Waals surface area contributed by atoms with Crippen LogP contribution in [0.1, 0.15) is 25.0 Å². The zero-order valence-corrected chi connectivity index (χ0v) is 20.3. The molecule has 1 unspecified atom stereocenters. The van der Waals surface area contributed by atoms with Crippen molar-refractivity contribution in [3.63, 3.8) is 0 Å². The SMILES string of the molecule is CCN(Cc1ccccc1)C(=O)C(C)Sc1nnc(N2CCOCC2)n1-c1ccc(C)cc1. The minimum Gasteiger partial charge on any atom is -0.378 e. The monoisotopic (exact) mass is 465 g/mol. The number of aryl methyl sites for hydroxylation is 1. The third kappa shape index (κ3) is 5.57. The molecule has 3 aromatic rings. The molecule has 0 radical (unpaired) electrons. The number of anilines is 1. The lowest BCUT2D eigenvalue weighted by Crippen LogP contribution is -2.38. The first-order valence-corrected chi connectivity index (χ1v) is 12.3. The molecular weight excluding hydrogens is 434 g/mol. The summed E-state index contributed by atoms with van der Waals surface area (Å²) in [5, 5.41) is 9.45. The predicted molar refractivity (Wildman–Crippen MR) is 132 cm³/mol. The van der Waals surface area contributed by atoms with Gasteiger partial charge in [-0.3, -0.25) is 9.36 Å². The third-order valence-electron chi connectivity index (χ3n) is 5.74. The third-order valence-corrected chi connectivity index (χ3v) is 6.77. The molecule has 1 aliphatic rings. The number of amides is 1. The Morgan fingerprint density at radius 2 is 1.79 bits per heavy atom. The van der Waals surface area contributed by atoms with Crippen molar-refractivity contribution in [2.45, 2.75) is 37.7 Å². The number of aromatic nitrogens is 3. The molecule has 0 N–H and O–H groups in total. The summed E-state index contributed by atoms with van der Waals surface area (Å²) in [6.07, 6.45) is 0. The van der Waals surface area contributed by atoms with Gasteiger partial charge >= 0.3 is 0 Å². The zero-order chi connectivity index (χ0) is 23.2. The molecule has 7 nitrogen and oxygen atoms in total. The van der Waals surface area contributed by atoms with E-state index in [1.807, 2.05) is 36.9 Å². The van der Waals surface area contributed by atoms with Crippen LogP contribution in [0.4, 0.5) is 5.95 Å². The summed E-state index contributed by atoms with van der Waals surface area (Å²) in [5.41, 5.74) is 3.31. The molecule has 0 saturated carbocycles. The van der Waals surface area contributed by atoms with Crippen molar-refractivity contribution in [3.05, 3.63) is 65.7 Å². The summed E-state index contributed by atoms with van der Waals surface area (Å²) in [6.45, 7) is 10.2. The second-order valence-electron chi connectivity index (χ2n) is 8.15. The van der Waals surface area contributed by atoms with Crippen LogP contribution >= 0.6 is 11.8 Å². The quantitative estimate of drug-likeness (QED) is 0.470. The Morgan fingerprint density at radius 3 is 2.45 bits per heavy atom. The van der Waals surface area contributed by atoms with Gasteiger partial charge in [-0.2, -0.15) is 0 Å². The maximum atomic E-state index is 13.3. The molecule has 2 heterocycles. The second-order valence-corrected chi connectivity index (χ2v) is 9.46. The van der Waals surface area contributed by atoms with Gasteiger partial charge in [-0.05, 0) is 38.5 Å². The van der Waals surface area contributed by atoms with E-state index < -0.39 is 0 Å². The Morgan fingerprint density at radius 1 is 1.09 bits per heavy atom. The highest BCUT2D eigenvalue weighted by Crippen LogP contribution is 2.30. The van der Waals surface area contributed by atoms with E-state index in [4.69, 9.17) is 4.74 Å². The average Bonchev–Trinajstić information content (AvgIpc) is 3.27. The summed E-state index contributed by atoms with van der Waals surface area (Å²) in [6, 6.07) is 18.4. The predicted octanol–water partition coefficient (Wildman–Crippen LogP) is 3.94. The molecule has 1 saturated heterocycles. The fourth-order valence-electron chi connectivity index (χ4n) is 3.84. The number of thioether (sulfide) groups is 1. The van der Waals surface area contributed by atoms with Gasteiger partial charge in [-0.25, -0.2) is 0 Å². The maximum Gasteiger partial charge on any atom is 0.236 e. The lowest BCUT2D eigenvalue weighted by molar-refractivity contribution is -0.130. The van der Waals surface area contributed by atoms with Crippen molar-refractivity contribution in [3.8, 4) is 5.69 Å². The highest BCUT2D eigenvalue weighted by molar-refractivity contribution is 8.00. The standard InChI is InChI=1S/C25H31N5O2S/c1-4-28(18-21-8-6-5-7-9-21)23(31)20(3)33-25-27-26-24(29-14-16-32-17-15-29)30(25)22-12-10-19(2)11-13-22/h5-13,20H,4,14-18H2,1-3H3. The topological polar surface area (TPSA) is 63.5 Å². The number of hydrogen-bond acceptors (Lipinski definition) is 6. The Bertz CT molecular complexity index is 1050. The minimum atomic E-state index is -0.292. The summed E-state index contributed by atoms with van der Waals surface area (Å²) < 4.78 is 7.58. The highest BCUT2D eigenvalue weighted by Gasteiger charge is 2.26. The van der Waals surface area contributed by atoms with E-state index in [9.17, 15) is 4.79 Å². The molecule has 8 heteroatoms. The lowest BCUT2D eigenvalue weighted by atomic mass is 10.2. The number of morpholine rings is 1. The first kappa shape index (κ1) is 23.3. The number of hydrogen-bond donors (Lipinski definition) is 0. The van der Waals surface area contributed by atoms with Gasteiger partial charge in [0.05, 0.1) is 24.2 Å². The number of carbonyl (C=O) groups is 1. The fourth-order valence-corrected chi connectivity index (χ4v) is 4.79.